The summed E-state index contributed by atoms with van der Waals surface area (Å²) in [5.74, 6) is 0.708. The molecule has 2 bridgehead atoms. The van der Waals surface area contributed by atoms with Crippen LogP contribution in [-0.4, -0.2) is 12.2 Å². The van der Waals surface area contributed by atoms with Crippen LogP contribution < -0.4 is 0 Å². The Morgan fingerprint density at radius 3 is 2.92 bits per heavy atom. The number of allylic oxidation sites excluding steroid dienone is 1. The van der Waals surface area contributed by atoms with Crippen molar-refractivity contribution in [3.8, 4) is 0 Å². The summed E-state index contributed by atoms with van der Waals surface area (Å²) in [6.45, 7) is 0. The molecule has 64 valence electrons. The molecule has 0 aromatic heterocycles. The summed E-state index contributed by atoms with van der Waals surface area (Å²) in [4.78, 5) is 0. The molecule has 1 aliphatic heterocycles. The lowest BCUT2D eigenvalue weighted by Gasteiger charge is -2.19. The predicted molar refractivity (Wildman–Crippen MR) is 47.8 cm³/mol. The average molecular weight is 162 g/mol. The van der Waals surface area contributed by atoms with Crippen LogP contribution in [0.15, 0.2) is 23.8 Å². The average Bonchev–Trinajstić information content (AvgIpc) is 2.81. The molecule has 1 nitrogen and oxygen atoms in total. The first-order chi connectivity index (χ1) is 5.93. The maximum Gasteiger partial charge on any atom is 0.0856 e. The van der Waals surface area contributed by atoms with Gasteiger partial charge in [0, 0.05) is 5.92 Å². The summed E-state index contributed by atoms with van der Waals surface area (Å²) in [5, 5.41) is 0. The van der Waals surface area contributed by atoms with Crippen LogP contribution in [0.2, 0.25) is 0 Å². The fraction of sp³-hybridized carbons (Fsp3) is 0.636. The minimum Gasteiger partial charge on any atom is -0.366 e. The fourth-order valence-electron chi connectivity index (χ4n) is 2.62. The molecule has 1 heteroatoms. The van der Waals surface area contributed by atoms with E-state index in [4.69, 9.17) is 4.74 Å². The monoisotopic (exact) mass is 162 g/mol. The zero-order chi connectivity index (χ0) is 7.97. The van der Waals surface area contributed by atoms with E-state index in [0.717, 1.165) is 0 Å². The molecule has 1 heterocycles. The fourth-order valence-corrected chi connectivity index (χ4v) is 2.62. The van der Waals surface area contributed by atoms with Crippen molar-refractivity contribution in [3.63, 3.8) is 0 Å². The van der Waals surface area contributed by atoms with E-state index in [1.54, 1.807) is 5.57 Å². The molecule has 3 atom stereocenters. The van der Waals surface area contributed by atoms with Crippen LogP contribution in [0.1, 0.15) is 25.7 Å². The maximum atomic E-state index is 5.89. The van der Waals surface area contributed by atoms with Gasteiger partial charge >= 0.3 is 0 Å². The Morgan fingerprint density at radius 1 is 1.33 bits per heavy atom. The van der Waals surface area contributed by atoms with Crippen molar-refractivity contribution in [1.82, 2.24) is 0 Å². The van der Waals surface area contributed by atoms with E-state index in [1.807, 2.05) is 0 Å². The molecule has 0 saturated carbocycles. The van der Waals surface area contributed by atoms with Crippen LogP contribution in [0, 0.1) is 5.92 Å². The summed E-state index contributed by atoms with van der Waals surface area (Å²) < 4.78 is 5.89. The normalized spacial score (nSPS) is 44.0. The molecule has 2 aliphatic carbocycles. The van der Waals surface area contributed by atoms with E-state index in [2.05, 4.69) is 18.2 Å². The molecular weight excluding hydrogens is 148 g/mol. The largest absolute Gasteiger partial charge is 0.366 e. The standard InChI is InChI=1S/C11H14O/c1-2-4-8(3-1)11-9-5-6-10(7-9)12-11/h3,5-6,9-11H,1-2,4,7H2. The number of rotatable bonds is 1. The van der Waals surface area contributed by atoms with Crippen molar-refractivity contribution in [2.75, 3.05) is 0 Å². The van der Waals surface area contributed by atoms with Crippen LogP contribution in [0.5, 0.6) is 0 Å². The second-order valence-corrected chi connectivity index (χ2v) is 4.05. The van der Waals surface area contributed by atoms with E-state index in [9.17, 15) is 0 Å². The van der Waals surface area contributed by atoms with Gasteiger partial charge in [-0.3, -0.25) is 0 Å². The molecule has 0 N–H and O–H groups in total. The molecule has 1 fully saturated rings. The molecule has 0 radical (unpaired) electrons. The number of hydrogen-bond donors (Lipinski definition) is 0. The molecule has 0 aromatic carbocycles. The van der Waals surface area contributed by atoms with E-state index in [-0.39, 0.29) is 0 Å². The predicted octanol–water partition coefficient (Wildman–Crippen LogP) is 2.44. The molecule has 3 rings (SSSR count). The van der Waals surface area contributed by atoms with Crippen LogP contribution in [0.4, 0.5) is 0 Å². The van der Waals surface area contributed by atoms with Gasteiger partial charge in [-0.05, 0) is 31.3 Å². The Kier molecular flexibility index (Phi) is 1.42. The summed E-state index contributed by atoms with van der Waals surface area (Å²) in [5.41, 5.74) is 1.58. The third kappa shape index (κ3) is 0.893. The molecule has 3 aliphatic rings. The first-order valence-electron chi connectivity index (χ1n) is 4.96. The lowest BCUT2D eigenvalue weighted by Crippen LogP contribution is -2.19. The SMILES string of the molecule is C1=CC2CC1OC2C1=CCCC1. The van der Waals surface area contributed by atoms with Gasteiger partial charge in [0.15, 0.2) is 0 Å². The van der Waals surface area contributed by atoms with Crippen molar-refractivity contribution >= 4 is 0 Å². The Labute approximate surface area is 73.1 Å². The van der Waals surface area contributed by atoms with E-state index in [0.29, 0.717) is 18.1 Å². The Bertz CT molecular complexity index is 252. The number of hydrogen-bond acceptors (Lipinski definition) is 1. The van der Waals surface area contributed by atoms with Crippen LogP contribution in [-0.2, 0) is 4.74 Å². The Hall–Kier alpha value is -0.560. The molecule has 1 saturated heterocycles. The molecular formula is C11H14O. The van der Waals surface area contributed by atoms with Crippen LogP contribution in [0.25, 0.3) is 0 Å². The van der Waals surface area contributed by atoms with Crippen molar-refractivity contribution in [1.29, 1.82) is 0 Å². The zero-order valence-electron chi connectivity index (χ0n) is 7.20. The van der Waals surface area contributed by atoms with Gasteiger partial charge in [0.25, 0.3) is 0 Å². The topological polar surface area (TPSA) is 9.23 Å². The van der Waals surface area contributed by atoms with Gasteiger partial charge in [-0.25, -0.2) is 0 Å². The summed E-state index contributed by atoms with van der Waals surface area (Å²) in [6.07, 6.45) is 13.0. The summed E-state index contributed by atoms with van der Waals surface area (Å²) >= 11 is 0. The van der Waals surface area contributed by atoms with Crippen molar-refractivity contribution in [2.45, 2.75) is 37.9 Å². The number of fused-ring (bicyclic) bond motifs is 2. The highest BCUT2D eigenvalue weighted by Crippen LogP contribution is 2.40. The lowest BCUT2D eigenvalue weighted by atomic mass is 9.97. The smallest absolute Gasteiger partial charge is 0.0856 e. The third-order valence-corrected chi connectivity index (χ3v) is 3.23. The lowest BCUT2D eigenvalue weighted by molar-refractivity contribution is 0.0775. The van der Waals surface area contributed by atoms with Gasteiger partial charge in [-0.15, -0.1) is 0 Å². The second-order valence-electron chi connectivity index (χ2n) is 4.05. The van der Waals surface area contributed by atoms with Gasteiger partial charge < -0.3 is 4.74 Å². The first kappa shape index (κ1) is 6.90. The summed E-state index contributed by atoms with van der Waals surface area (Å²) in [7, 11) is 0. The minimum atomic E-state index is 0.446. The molecule has 0 spiro atoms. The highest BCUT2D eigenvalue weighted by molar-refractivity contribution is 5.23. The molecule has 0 aromatic rings. The Balaban J connectivity index is 1.82. The van der Waals surface area contributed by atoms with Crippen molar-refractivity contribution in [3.05, 3.63) is 23.8 Å². The summed E-state index contributed by atoms with van der Waals surface area (Å²) in [6, 6.07) is 0. The van der Waals surface area contributed by atoms with E-state index < -0.39 is 0 Å². The van der Waals surface area contributed by atoms with Gasteiger partial charge in [0.1, 0.15) is 0 Å². The highest BCUT2D eigenvalue weighted by Gasteiger charge is 2.38. The van der Waals surface area contributed by atoms with Crippen molar-refractivity contribution < 1.29 is 4.74 Å². The van der Waals surface area contributed by atoms with Gasteiger partial charge in [0.2, 0.25) is 0 Å². The van der Waals surface area contributed by atoms with Gasteiger partial charge in [0.05, 0.1) is 12.2 Å². The molecule has 3 unspecified atom stereocenters. The van der Waals surface area contributed by atoms with Crippen LogP contribution >= 0.6 is 0 Å². The minimum absolute atomic E-state index is 0.446. The second kappa shape index (κ2) is 2.46. The highest BCUT2D eigenvalue weighted by atomic mass is 16.5. The zero-order valence-corrected chi connectivity index (χ0v) is 7.20. The van der Waals surface area contributed by atoms with Crippen LogP contribution in [0.3, 0.4) is 0 Å². The quantitative estimate of drug-likeness (QED) is 0.538. The van der Waals surface area contributed by atoms with Gasteiger partial charge in [-0.1, -0.05) is 18.2 Å². The molecule has 12 heavy (non-hydrogen) atoms. The van der Waals surface area contributed by atoms with E-state index in [1.165, 1.54) is 25.7 Å². The van der Waals surface area contributed by atoms with Gasteiger partial charge in [-0.2, -0.15) is 0 Å². The molecule has 0 amide bonds. The Morgan fingerprint density at radius 2 is 2.33 bits per heavy atom. The van der Waals surface area contributed by atoms with E-state index >= 15 is 0 Å². The van der Waals surface area contributed by atoms with Crippen molar-refractivity contribution in [2.24, 2.45) is 5.92 Å². The third-order valence-electron chi connectivity index (χ3n) is 3.23. The first-order valence-corrected chi connectivity index (χ1v) is 4.96. The maximum absolute atomic E-state index is 5.89. The number of ether oxygens (including phenoxy) is 1.